The molecule has 0 bridgehead atoms. The number of hydrogen-bond donors (Lipinski definition) is 2. The predicted molar refractivity (Wildman–Crippen MR) is 76.9 cm³/mol. The van der Waals surface area contributed by atoms with Gasteiger partial charge in [-0.15, -0.1) is 0 Å². The summed E-state index contributed by atoms with van der Waals surface area (Å²) in [7, 11) is 0. The normalized spacial score (nSPS) is 25.3. The average Bonchev–Trinajstić information content (AvgIpc) is 2.44. The van der Waals surface area contributed by atoms with E-state index >= 15 is 0 Å². The first-order valence-electron chi connectivity index (χ1n) is 7.39. The molecule has 2 rings (SSSR count). The van der Waals surface area contributed by atoms with Crippen LogP contribution in [-0.4, -0.2) is 0 Å². The second kappa shape index (κ2) is 6.49. The van der Waals surface area contributed by atoms with E-state index in [1.807, 2.05) is 12.1 Å². The molecule has 0 aliphatic heterocycles. The molecule has 0 heterocycles. The predicted octanol–water partition coefficient (Wildman–Crippen LogP) is 3.85. The van der Waals surface area contributed by atoms with Crippen molar-refractivity contribution in [2.75, 3.05) is 0 Å². The Labute approximate surface area is 115 Å². The first kappa shape index (κ1) is 14.5. The maximum atomic E-state index is 13.8. The fourth-order valence-corrected chi connectivity index (χ4v) is 3.45. The number of aryl methyl sites for hydroxylation is 1. The topological polar surface area (TPSA) is 38.0 Å². The highest BCUT2D eigenvalue weighted by molar-refractivity contribution is 5.26. The summed E-state index contributed by atoms with van der Waals surface area (Å²) in [5, 5.41) is 0. The SMILES string of the molecule is CCC1CCCCC1C(NN)c1ccc(C)c(F)c1. The van der Waals surface area contributed by atoms with Crippen LogP contribution in [0.2, 0.25) is 0 Å². The fourth-order valence-electron chi connectivity index (χ4n) is 3.45. The van der Waals surface area contributed by atoms with Crippen LogP contribution in [0.1, 0.15) is 56.2 Å². The average molecular weight is 264 g/mol. The van der Waals surface area contributed by atoms with Gasteiger partial charge in [-0.3, -0.25) is 11.3 Å². The van der Waals surface area contributed by atoms with Crippen molar-refractivity contribution in [1.82, 2.24) is 5.43 Å². The Bertz CT molecular complexity index is 419. The summed E-state index contributed by atoms with van der Waals surface area (Å²) in [6, 6.07) is 5.56. The maximum absolute atomic E-state index is 13.8. The van der Waals surface area contributed by atoms with Crippen molar-refractivity contribution in [3.63, 3.8) is 0 Å². The monoisotopic (exact) mass is 264 g/mol. The summed E-state index contributed by atoms with van der Waals surface area (Å²) < 4.78 is 13.8. The van der Waals surface area contributed by atoms with E-state index in [1.54, 1.807) is 13.0 Å². The third-order valence-corrected chi connectivity index (χ3v) is 4.65. The minimum atomic E-state index is -0.137. The standard InChI is InChI=1S/C16H25FN2/c1-3-12-6-4-5-7-14(12)16(19-18)13-9-8-11(2)15(17)10-13/h8-10,12,14,16,19H,3-7,18H2,1-2H3. The van der Waals surface area contributed by atoms with E-state index in [1.165, 1.54) is 32.1 Å². The molecule has 0 aromatic heterocycles. The number of nitrogens with two attached hydrogens (primary N) is 1. The molecular formula is C16H25FN2. The van der Waals surface area contributed by atoms with E-state index in [4.69, 9.17) is 5.84 Å². The van der Waals surface area contributed by atoms with Gasteiger partial charge in [-0.2, -0.15) is 0 Å². The minimum absolute atomic E-state index is 0.0698. The quantitative estimate of drug-likeness (QED) is 0.640. The van der Waals surface area contributed by atoms with Gasteiger partial charge in [0.15, 0.2) is 0 Å². The van der Waals surface area contributed by atoms with Crippen LogP contribution in [0.5, 0.6) is 0 Å². The molecule has 1 aliphatic carbocycles. The van der Waals surface area contributed by atoms with E-state index in [9.17, 15) is 4.39 Å². The van der Waals surface area contributed by atoms with Crippen molar-refractivity contribution in [1.29, 1.82) is 0 Å². The van der Waals surface area contributed by atoms with Crippen LogP contribution in [-0.2, 0) is 0 Å². The summed E-state index contributed by atoms with van der Waals surface area (Å²) >= 11 is 0. The van der Waals surface area contributed by atoms with Crippen LogP contribution in [0.4, 0.5) is 4.39 Å². The van der Waals surface area contributed by atoms with Crippen LogP contribution in [0.3, 0.4) is 0 Å². The maximum Gasteiger partial charge on any atom is 0.126 e. The van der Waals surface area contributed by atoms with Crippen molar-refractivity contribution in [2.24, 2.45) is 17.7 Å². The van der Waals surface area contributed by atoms with E-state index in [0.29, 0.717) is 17.4 Å². The summed E-state index contributed by atoms with van der Waals surface area (Å²) in [6.45, 7) is 4.03. The summed E-state index contributed by atoms with van der Waals surface area (Å²) in [6.07, 6.45) is 6.20. The van der Waals surface area contributed by atoms with Gasteiger partial charge in [-0.25, -0.2) is 4.39 Å². The van der Waals surface area contributed by atoms with Gasteiger partial charge in [-0.05, 0) is 42.4 Å². The molecule has 1 fully saturated rings. The molecule has 106 valence electrons. The van der Waals surface area contributed by atoms with Gasteiger partial charge in [-0.1, -0.05) is 44.7 Å². The first-order valence-corrected chi connectivity index (χ1v) is 7.39. The Hall–Kier alpha value is -0.930. The molecule has 3 atom stereocenters. The zero-order valence-electron chi connectivity index (χ0n) is 12.0. The van der Waals surface area contributed by atoms with Gasteiger partial charge in [0.05, 0.1) is 0 Å². The Balaban J connectivity index is 2.24. The number of nitrogens with one attached hydrogen (secondary N) is 1. The van der Waals surface area contributed by atoms with Gasteiger partial charge in [0.2, 0.25) is 0 Å². The van der Waals surface area contributed by atoms with Crippen molar-refractivity contribution >= 4 is 0 Å². The van der Waals surface area contributed by atoms with E-state index < -0.39 is 0 Å². The lowest BCUT2D eigenvalue weighted by Crippen LogP contribution is -2.38. The molecule has 19 heavy (non-hydrogen) atoms. The van der Waals surface area contributed by atoms with E-state index in [0.717, 1.165) is 5.56 Å². The molecule has 3 N–H and O–H groups in total. The van der Waals surface area contributed by atoms with Crippen LogP contribution in [0, 0.1) is 24.6 Å². The lowest BCUT2D eigenvalue weighted by atomic mass is 9.72. The molecule has 2 nitrogen and oxygen atoms in total. The number of hydrazine groups is 1. The lowest BCUT2D eigenvalue weighted by molar-refractivity contribution is 0.176. The Morgan fingerprint density at radius 1 is 1.37 bits per heavy atom. The van der Waals surface area contributed by atoms with Gasteiger partial charge in [0.1, 0.15) is 5.82 Å². The summed E-state index contributed by atoms with van der Waals surface area (Å²) in [4.78, 5) is 0. The molecule has 1 saturated carbocycles. The second-order valence-corrected chi connectivity index (χ2v) is 5.77. The number of rotatable bonds is 4. The highest BCUT2D eigenvalue weighted by Crippen LogP contribution is 2.40. The molecule has 0 amide bonds. The highest BCUT2D eigenvalue weighted by Gasteiger charge is 2.31. The number of benzene rings is 1. The van der Waals surface area contributed by atoms with Crippen molar-refractivity contribution in [2.45, 2.75) is 52.0 Å². The molecular weight excluding hydrogens is 239 g/mol. The third-order valence-electron chi connectivity index (χ3n) is 4.65. The van der Waals surface area contributed by atoms with Crippen LogP contribution < -0.4 is 11.3 Å². The molecule has 1 aliphatic rings. The summed E-state index contributed by atoms with van der Waals surface area (Å²) in [5.41, 5.74) is 4.60. The minimum Gasteiger partial charge on any atom is -0.271 e. The van der Waals surface area contributed by atoms with Crippen LogP contribution >= 0.6 is 0 Å². The summed E-state index contributed by atoms with van der Waals surface area (Å²) in [5.74, 6) is 6.84. The highest BCUT2D eigenvalue weighted by atomic mass is 19.1. The molecule has 1 aromatic carbocycles. The van der Waals surface area contributed by atoms with Gasteiger partial charge in [0, 0.05) is 6.04 Å². The zero-order chi connectivity index (χ0) is 13.8. The number of hydrogen-bond acceptors (Lipinski definition) is 2. The number of halogens is 1. The molecule has 3 unspecified atom stereocenters. The molecule has 3 heteroatoms. The fraction of sp³-hybridized carbons (Fsp3) is 0.625. The van der Waals surface area contributed by atoms with Crippen molar-refractivity contribution < 1.29 is 4.39 Å². The first-order chi connectivity index (χ1) is 9.17. The Kier molecular flexibility index (Phi) is 4.94. The van der Waals surface area contributed by atoms with E-state index in [2.05, 4.69) is 12.3 Å². The molecule has 1 aromatic rings. The van der Waals surface area contributed by atoms with Crippen molar-refractivity contribution in [3.8, 4) is 0 Å². The second-order valence-electron chi connectivity index (χ2n) is 5.77. The largest absolute Gasteiger partial charge is 0.271 e. The van der Waals surface area contributed by atoms with Crippen molar-refractivity contribution in [3.05, 3.63) is 35.1 Å². The van der Waals surface area contributed by atoms with Crippen LogP contribution in [0.25, 0.3) is 0 Å². The van der Waals surface area contributed by atoms with Gasteiger partial charge in [0.25, 0.3) is 0 Å². The van der Waals surface area contributed by atoms with Gasteiger partial charge < -0.3 is 0 Å². The van der Waals surface area contributed by atoms with Gasteiger partial charge >= 0.3 is 0 Å². The molecule has 0 spiro atoms. The smallest absolute Gasteiger partial charge is 0.126 e. The van der Waals surface area contributed by atoms with E-state index in [-0.39, 0.29) is 11.9 Å². The molecule has 0 radical (unpaired) electrons. The zero-order valence-corrected chi connectivity index (χ0v) is 12.0. The Morgan fingerprint density at radius 2 is 2.11 bits per heavy atom. The third kappa shape index (κ3) is 3.15. The Morgan fingerprint density at radius 3 is 2.74 bits per heavy atom. The molecule has 0 saturated heterocycles. The lowest BCUT2D eigenvalue weighted by Gasteiger charge is -2.36. The van der Waals surface area contributed by atoms with Crippen LogP contribution in [0.15, 0.2) is 18.2 Å².